The van der Waals surface area contributed by atoms with E-state index in [4.69, 9.17) is 5.73 Å². The first kappa shape index (κ1) is 22.6. The molecule has 1 aromatic rings. The lowest BCUT2D eigenvalue weighted by Gasteiger charge is -2.43. The molecular formula is C20H29FN4O4S. The van der Waals surface area contributed by atoms with Crippen molar-refractivity contribution in [2.45, 2.75) is 49.6 Å². The molecule has 3 rings (SSSR count). The van der Waals surface area contributed by atoms with Crippen molar-refractivity contribution in [3.05, 3.63) is 30.1 Å². The van der Waals surface area contributed by atoms with Crippen molar-refractivity contribution in [3.63, 3.8) is 0 Å². The Hall–Kier alpha value is -2.04. The topological polar surface area (TPSA) is 113 Å². The van der Waals surface area contributed by atoms with E-state index in [0.717, 1.165) is 48.5 Å². The molecular weight excluding hydrogens is 411 g/mol. The highest BCUT2D eigenvalue weighted by Gasteiger charge is 2.45. The molecule has 1 aromatic carbocycles. The van der Waals surface area contributed by atoms with E-state index in [1.807, 2.05) is 0 Å². The Labute approximate surface area is 176 Å². The molecule has 10 heteroatoms. The summed E-state index contributed by atoms with van der Waals surface area (Å²) in [5.41, 5.74) is 5.48. The summed E-state index contributed by atoms with van der Waals surface area (Å²) in [4.78, 5) is 27.5. The number of carbonyl (C=O) groups is 2. The maximum Gasteiger partial charge on any atom is 0.259 e. The van der Waals surface area contributed by atoms with Crippen LogP contribution in [0, 0.1) is 11.7 Å². The zero-order valence-electron chi connectivity index (χ0n) is 16.9. The van der Waals surface area contributed by atoms with Gasteiger partial charge in [-0.1, -0.05) is 19.3 Å². The van der Waals surface area contributed by atoms with E-state index in [9.17, 15) is 22.4 Å². The highest BCUT2D eigenvalue weighted by molar-refractivity contribution is 7.89. The molecule has 1 aliphatic carbocycles. The number of sulfonamides is 1. The lowest BCUT2D eigenvalue weighted by Crippen LogP contribution is -2.64. The van der Waals surface area contributed by atoms with Crippen LogP contribution in [-0.4, -0.2) is 61.8 Å². The van der Waals surface area contributed by atoms with Crippen molar-refractivity contribution in [1.29, 1.82) is 0 Å². The molecule has 166 valence electrons. The van der Waals surface area contributed by atoms with Gasteiger partial charge in [-0.05, 0) is 43.5 Å². The van der Waals surface area contributed by atoms with E-state index >= 15 is 0 Å². The minimum Gasteiger partial charge on any atom is -0.352 e. The van der Waals surface area contributed by atoms with Crippen molar-refractivity contribution < 1.29 is 22.4 Å². The Morgan fingerprint density at radius 2 is 1.73 bits per heavy atom. The largest absolute Gasteiger partial charge is 0.352 e. The molecule has 1 saturated carbocycles. The van der Waals surface area contributed by atoms with Gasteiger partial charge in [0.25, 0.3) is 5.91 Å². The second-order valence-corrected chi connectivity index (χ2v) is 9.63. The Kier molecular flexibility index (Phi) is 7.43. The third kappa shape index (κ3) is 4.81. The fourth-order valence-electron chi connectivity index (χ4n) is 4.16. The molecule has 2 aliphatic rings. The number of nitrogens with zero attached hydrogens (tertiary/aromatic N) is 2. The van der Waals surface area contributed by atoms with Crippen LogP contribution < -0.4 is 11.1 Å². The Bertz CT molecular complexity index is 856. The van der Waals surface area contributed by atoms with Crippen LogP contribution in [-0.2, 0) is 19.6 Å². The van der Waals surface area contributed by atoms with E-state index in [2.05, 4.69) is 5.32 Å². The summed E-state index contributed by atoms with van der Waals surface area (Å²) in [7, 11) is -4.11. The Morgan fingerprint density at radius 1 is 1.07 bits per heavy atom. The molecule has 3 N–H and O–H groups in total. The molecule has 1 atom stereocenters. The van der Waals surface area contributed by atoms with E-state index < -0.39 is 27.9 Å². The summed E-state index contributed by atoms with van der Waals surface area (Å²) >= 11 is 0. The van der Waals surface area contributed by atoms with Gasteiger partial charge >= 0.3 is 0 Å². The first-order valence-electron chi connectivity index (χ1n) is 10.4. The second kappa shape index (κ2) is 9.84. The molecule has 0 bridgehead atoms. The lowest BCUT2D eigenvalue weighted by atomic mass is 9.88. The fourth-order valence-corrected chi connectivity index (χ4v) is 5.76. The number of nitrogens with two attached hydrogens (primary N) is 1. The third-order valence-corrected chi connectivity index (χ3v) is 7.55. The Balaban J connectivity index is 1.94. The van der Waals surface area contributed by atoms with Crippen LogP contribution in [0.2, 0.25) is 0 Å². The number of hydrogen-bond donors (Lipinski definition) is 2. The minimum absolute atomic E-state index is 0.0921. The van der Waals surface area contributed by atoms with E-state index in [1.165, 1.54) is 17.0 Å². The first-order valence-corrected chi connectivity index (χ1v) is 11.9. The fraction of sp³-hybridized carbons (Fsp3) is 0.600. The molecule has 0 spiro atoms. The SMILES string of the molecule is NCCNC(=O)C1N(C(=O)C2CCCCC2)CCCN1S(=O)(=O)c1ccc(F)cc1. The zero-order chi connectivity index (χ0) is 21.7. The molecule has 1 unspecified atom stereocenters. The third-order valence-electron chi connectivity index (χ3n) is 5.68. The van der Waals surface area contributed by atoms with Crippen LogP contribution in [0.1, 0.15) is 38.5 Å². The van der Waals surface area contributed by atoms with Crippen LogP contribution in [0.15, 0.2) is 29.2 Å². The molecule has 2 fully saturated rings. The standard InChI is InChI=1S/C20H29FN4O4S/c21-16-7-9-17(10-8-16)30(28,29)25-14-4-13-24(19(25)18(26)23-12-11-22)20(27)15-5-2-1-3-6-15/h7-10,15,19H,1-6,11-14,22H2,(H,23,26). The van der Waals surface area contributed by atoms with Crippen molar-refractivity contribution in [2.24, 2.45) is 11.7 Å². The highest BCUT2D eigenvalue weighted by Crippen LogP contribution is 2.30. The zero-order valence-corrected chi connectivity index (χ0v) is 17.7. The predicted molar refractivity (Wildman–Crippen MR) is 109 cm³/mol. The van der Waals surface area contributed by atoms with Gasteiger partial charge in [0.05, 0.1) is 4.90 Å². The number of amides is 2. The average Bonchev–Trinajstić information content (AvgIpc) is 2.77. The number of halogens is 1. The molecule has 0 aromatic heterocycles. The summed E-state index contributed by atoms with van der Waals surface area (Å²) in [6.07, 6.45) is 3.61. The smallest absolute Gasteiger partial charge is 0.259 e. The van der Waals surface area contributed by atoms with Crippen LogP contribution in [0.3, 0.4) is 0 Å². The summed E-state index contributed by atoms with van der Waals surface area (Å²) in [5.74, 6) is -1.51. The van der Waals surface area contributed by atoms with Crippen molar-refractivity contribution in [3.8, 4) is 0 Å². The quantitative estimate of drug-likeness (QED) is 0.686. The van der Waals surface area contributed by atoms with Crippen molar-refractivity contribution in [2.75, 3.05) is 26.2 Å². The van der Waals surface area contributed by atoms with Gasteiger partial charge < -0.3 is 16.0 Å². The maximum atomic E-state index is 13.3. The van der Waals surface area contributed by atoms with Gasteiger partial charge in [0, 0.05) is 32.1 Å². The number of nitrogens with one attached hydrogen (secondary N) is 1. The van der Waals surface area contributed by atoms with Gasteiger partial charge in [-0.2, -0.15) is 4.31 Å². The van der Waals surface area contributed by atoms with Gasteiger partial charge in [0.2, 0.25) is 15.9 Å². The summed E-state index contributed by atoms with van der Waals surface area (Å²) < 4.78 is 40.9. The number of benzene rings is 1. The van der Waals surface area contributed by atoms with Crippen LogP contribution >= 0.6 is 0 Å². The van der Waals surface area contributed by atoms with Crippen LogP contribution in [0.4, 0.5) is 4.39 Å². The monoisotopic (exact) mass is 440 g/mol. The number of carbonyl (C=O) groups excluding carboxylic acids is 2. The van der Waals surface area contributed by atoms with Crippen LogP contribution in [0.5, 0.6) is 0 Å². The van der Waals surface area contributed by atoms with Gasteiger partial charge in [0.1, 0.15) is 5.82 Å². The van der Waals surface area contributed by atoms with Gasteiger partial charge in [0.15, 0.2) is 6.17 Å². The first-order chi connectivity index (χ1) is 14.4. The lowest BCUT2D eigenvalue weighted by molar-refractivity contribution is -0.151. The van der Waals surface area contributed by atoms with Gasteiger partial charge in [-0.3, -0.25) is 9.59 Å². The molecule has 1 heterocycles. The maximum absolute atomic E-state index is 13.3. The van der Waals surface area contributed by atoms with E-state index in [1.54, 1.807) is 0 Å². The molecule has 2 amide bonds. The van der Waals surface area contributed by atoms with Crippen molar-refractivity contribution in [1.82, 2.24) is 14.5 Å². The van der Waals surface area contributed by atoms with Crippen LogP contribution in [0.25, 0.3) is 0 Å². The minimum atomic E-state index is -4.11. The number of hydrogen-bond acceptors (Lipinski definition) is 5. The second-order valence-electron chi connectivity index (χ2n) is 7.74. The summed E-state index contributed by atoms with van der Waals surface area (Å²) in [6.45, 7) is 0.769. The molecule has 1 saturated heterocycles. The highest BCUT2D eigenvalue weighted by atomic mass is 32.2. The number of rotatable bonds is 6. The molecule has 8 nitrogen and oxygen atoms in total. The van der Waals surface area contributed by atoms with Gasteiger partial charge in [-0.15, -0.1) is 0 Å². The molecule has 1 aliphatic heterocycles. The van der Waals surface area contributed by atoms with E-state index in [-0.39, 0.29) is 36.4 Å². The van der Waals surface area contributed by atoms with E-state index in [0.29, 0.717) is 13.0 Å². The average molecular weight is 441 g/mol. The predicted octanol–water partition coefficient (Wildman–Crippen LogP) is 1.03. The van der Waals surface area contributed by atoms with Gasteiger partial charge in [-0.25, -0.2) is 12.8 Å². The molecule has 30 heavy (non-hydrogen) atoms. The summed E-state index contributed by atoms with van der Waals surface area (Å²) in [5, 5.41) is 2.63. The Morgan fingerprint density at radius 3 is 2.37 bits per heavy atom. The van der Waals surface area contributed by atoms with Crippen molar-refractivity contribution >= 4 is 21.8 Å². The summed E-state index contributed by atoms with van der Waals surface area (Å²) in [6, 6.07) is 4.46. The normalized spacial score (nSPS) is 21.4. The molecule has 0 radical (unpaired) electrons.